The summed E-state index contributed by atoms with van der Waals surface area (Å²) in [6, 6.07) is 15.1. The smallest absolute Gasteiger partial charge is 0.244 e. The molecule has 2 aromatic rings. The normalized spacial score (nSPS) is 11.7. The fourth-order valence-corrected chi connectivity index (χ4v) is 4.25. The van der Waals surface area contributed by atoms with Gasteiger partial charge in [0.25, 0.3) is 0 Å². The van der Waals surface area contributed by atoms with Crippen molar-refractivity contribution in [1.29, 1.82) is 0 Å². The fourth-order valence-electron chi connectivity index (χ4n) is 2.47. The summed E-state index contributed by atoms with van der Waals surface area (Å²) in [4.78, 5) is 2.31. The SMILES string of the molecule is COc1ccc(Br)cc1S(=O)(=O)NCCCN(C)Cc1ccccc1. The molecule has 0 saturated heterocycles. The number of halogens is 1. The highest BCUT2D eigenvalue weighted by Gasteiger charge is 2.19. The number of hydrogen-bond acceptors (Lipinski definition) is 4. The molecule has 0 amide bonds. The van der Waals surface area contributed by atoms with Gasteiger partial charge in [0.15, 0.2) is 0 Å². The van der Waals surface area contributed by atoms with Crippen molar-refractivity contribution in [3.8, 4) is 5.75 Å². The Bertz CT molecular complexity index is 782. The van der Waals surface area contributed by atoms with Crippen LogP contribution in [-0.2, 0) is 16.6 Å². The molecule has 0 aliphatic carbocycles. The van der Waals surface area contributed by atoms with Crippen LogP contribution in [0.5, 0.6) is 5.75 Å². The summed E-state index contributed by atoms with van der Waals surface area (Å²) in [6.45, 7) is 2.01. The second-order valence-corrected chi connectivity index (χ2v) is 8.42. The first-order valence-electron chi connectivity index (χ1n) is 7.98. The molecule has 136 valence electrons. The van der Waals surface area contributed by atoms with E-state index in [-0.39, 0.29) is 4.90 Å². The lowest BCUT2D eigenvalue weighted by Crippen LogP contribution is -2.28. The van der Waals surface area contributed by atoms with E-state index in [9.17, 15) is 8.42 Å². The highest BCUT2D eigenvalue weighted by Crippen LogP contribution is 2.26. The van der Waals surface area contributed by atoms with E-state index in [1.54, 1.807) is 18.2 Å². The number of sulfonamides is 1. The second-order valence-electron chi connectivity index (χ2n) is 5.77. The van der Waals surface area contributed by atoms with Crippen LogP contribution in [0.4, 0.5) is 0 Å². The predicted octanol–water partition coefficient (Wildman–Crippen LogP) is 3.26. The summed E-state index contributed by atoms with van der Waals surface area (Å²) >= 11 is 3.30. The third kappa shape index (κ3) is 6.11. The van der Waals surface area contributed by atoms with Crippen LogP contribution >= 0.6 is 15.9 Å². The molecule has 0 atom stereocenters. The average Bonchev–Trinajstić information content (AvgIpc) is 2.59. The molecular weight excluding hydrogens is 404 g/mol. The van der Waals surface area contributed by atoms with Gasteiger partial charge in [0, 0.05) is 17.6 Å². The molecule has 2 aromatic carbocycles. The number of ether oxygens (including phenoxy) is 1. The third-order valence-electron chi connectivity index (χ3n) is 3.72. The summed E-state index contributed by atoms with van der Waals surface area (Å²) in [5.74, 6) is 0.330. The monoisotopic (exact) mass is 426 g/mol. The summed E-state index contributed by atoms with van der Waals surface area (Å²) in [5, 5.41) is 0. The molecule has 0 bridgehead atoms. The highest BCUT2D eigenvalue weighted by molar-refractivity contribution is 9.10. The van der Waals surface area contributed by atoms with Gasteiger partial charge in [0.1, 0.15) is 10.6 Å². The van der Waals surface area contributed by atoms with Gasteiger partial charge < -0.3 is 9.64 Å². The summed E-state index contributed by atoms with van der Waals surface area (Å²) in [7, 11) is -0.120. The Balaban J connectivity index is 1.85. The van der Waals surface area contributed by atoms with Gasteiger partial charge in [-0.3, -0.25) is 0 Å². The van der Waals surface area contributed by atoms with E-state index in [4.69, 9.17) is 4.74 Å². The number of nitrogens with one attached hydrogen (secondary N) is 1. The quantitative estimate of drug-likeness (QED) is 0.625. The molecule has 0 aliphatic heterocycles. The minimum atomic E-state index is -3.61. The Kier molecular flexibility index (Phi) is 7.43. The van der Waals surface area contributed by atoms with Gasteiger partial charge in [-0.15, -0.1) is 0 Å². The summed E-state index contributed by atoms with van der Waals surface area (Å²) < 4.78 is 33.4. The number of hydrogen-bond donors (Lipinski definition) is 1. The van der Waals surface area contributed by atoms with Gasteiger partial charge in [-0.1, -0.05) is 46.3 Å². The molecule has 25 heavy (non-hydrogen) atoms. The van der Waals surface area contributed by atoms with Crippen LogP contribution in [0.2, 0.25) is 0 Å². The van der Waals surface area contributed by atoms with Crippen molar-refractivity contribution in [3.05, 3.63) is 58.6 Å². The first-order valence-corrected chi connectivity index (χ1v) is 10.3. The van der Waals surface area contributed by atoms with E-state index in [0.717, 1.165) is 19.5 Å². The van der Waals surface area contributed by atoms with Gasteiger partial charge in [0.2, 0.25) is 10.0 Å². The van der Waals surface area contributed by atoms with E-state index in [0.29, 0.717) is 16.8 Å². The minimum absolute atomic E-state index is 0.141. The van der Waals surface area contributed by atoms with Crippen molar-refractivity contribution in [3.63, 3.8) is 0 Å². The molecule has 5 nitrogen and oxygen atoms in total. The molecule has 0 spiro atoms. The number of nitrogens with zero attached hydrogens (tertiary/aromatic N) is 1. The van der Waals surface area contributed by atoms with Crippen molar-refractivity contribution in [1.82, 2.24) is 9.62 Å². The maximum absolute atomic E-state index is 12.5. The van der Waals surface area contributed by atoms with Crippen LogP contribution in [0, 0.1) is 0 Å². The van der Waals surface area contributed by atoms with Gasteiger partial charge in [-0.05, 0) is 43.8 Å². The molecule has 0 fully saturated rings. The van der Waals surface area contributed by atoms with Crippen LogP contribution in [0.25, 0.3) is 0 Å². The molecule has 0 aromatic heterocycles. The van der Waals surface area contributed by atoms with Crippen molar-refractivity contribution in [2.75, 3.05) is 27.2 Å². The molecular formula is C18H23BrN2O3S. The van der Waals surface area contributed by atoms with E-state index in [1.165, 1.54) is 12.7 Å². The van der Waals surface area contributed by atoms with E-state index >= 15 is 0 Å². The molecule has 0 unspecified atom stereocenters. The highest BCUT2D eigenvalue weighted by atomic mass is 79.9. The van der Waals surface area contributed by atoms with Crippen molar-refractivity contribution < 1.29 is 13.2 Å². The molecule has 0 saturated carbocycles. The zero-order chi connectivity index (χ0) is 18.3. The predicted molar refractivity (Wildman–Crippen MR) is 103 cm³/mol. The van der Waals surface area contributed by atoms with Crippen LogP contribution in [-0.4, -0.2) is 40.6 Å². The Morgan fingerprint density at radius 1 is 1.16 bits per heavy atom. The lowest BCUT2D eigenvalue weighted by Gasteiger charge is -2.17. The Morgan fingerprint density at radius 3 is 2.56 bits per heavy atom. The Morgan fingerprint density at radius 2 is 1.88 bits per heavy atom. The number of methoxy groups -OCH3 is 1. The first-order chi connectivity index (χ1) is 11.9. The Labute approximate surface area is 158 Å². The van der Waals surface area contributed by atoms with Gasteiger partial charge >= 0.3 is 0 Å². The van der Waals surface area contributed by atoms with E-state index in [1.807, 2.05) is 25.2 Å². The van der Waals surface area contributed by atoms with Crippen LogP contribution in [0.3, 0.4) is 0 Å². The van der Waals surface area contributed by atoms with Crippen LogP contribution in [0.15, 0.2) is 57.9 Å². The number of benzene rings is 2. The van der Waals surface area contributed by atoms with E-state index < -0.39 is 10.0 Å². The lowest BCUT2D eigenvalue weighted by molar-refractivity contribution is 0.322. The van der Waals surface area contributed by atoms with Crippen LogP contribution < -0.4 is 9.46 Å². The zero-order valence-corrected chi connectivity index (χ0v) is 16.8. The molecule has 0 aliphatic rings. The van der Waals surface area contributed by atoms with Gasteiger partial charge in [-0.2, -0.15) is 0 Å². The molecule has 7 heteroatoms. The van der Waals surface area contributed by atoms with Gasteiger partial charge in [-0.25, -0.2) is 13.1 Å². The third-order valence-corrected chi connectivity index (χ3v) is 5.69. The summed E-state index contributed by atoms with van der Waals surface area (Å²) in [5.41, 5.74) is 1.24. The first kappa shape index (κ1) is 19.9. The summed E-state index contributed by atoms with van der Waals surface area (Å²) in [6.07, 6.45) is 0.721. The van der Waals surface area contributed by atoms with E-state index in [2.05, 4.69) is 37.7 Å². The maximum Gasteiger partial charge on any atom is 0.244 e. The largest absolute Gasteiger partial charge is 0.495 e. The van der Waals surface area contributed by atoms with Crippen molar-refractivity contribution in [2.24, 2.45) is 0 Å². The van der Waals surface area contributed by atoms with Crippen LogP contribution in [0.1, 0.15) is 12.0 Å². The Hall–Kier alpha value is -1.41. The van der Waals surface area contributed by atoms with Crippen molar-refractivity contribution in [2.45, 2.75) is 17.9 Å². The number of rotatable bonds is 9. The topological polar surface area (TPSA) is 58.6 Å². The fraction of sp³-hybridized carbons (Fsp3) is 0.333. The minimum Gasteiger partial charge on any atom is -0.495 e. The molecule has 0 radical (unpaired) electrons. The lowest BCUT2D eigenvalue weighted by atomic mass is 10.2. The molecule has 1 N–H and O–H groups in total. The average molecular weight is 427 g/mol. The maximum atomic E-state index is 12.5. The second kappa shape index (κ2) is 9.33. The zero-order valence-electron chi connectivity index (χ0n) is 14.4. The standard InChI is InChI=1S/C18H23BrN2O3S/c1-21(14-15-7-4-3-5-8-15)12-6-11-20-25(22,23)18-13-16(19)9-10-17(18)24-2/h3-5,7-10,13,20H,6,11-12,14H2,1-2H3. The molecule has 2 rings (SSSR count). The van der Waals surface area contributed by atoms with Gasteiger partial charge in [0.05, 0.1) is 7.11 Å². The van der Waals surface area contributed by atoms with Crippen molar-refractivity contribution >= 4 is 26.0 Å². The molecule has 0 heterocycles.